The first-order valence-corrected chi connectivity index (χ1v) is 9.00. The van der Waals surface area contributed by atoms with Crippen LogP contribution in [0.25, 0.3) is 11.0 Å². The van der Waals surface area contributed by atoms with Gasteiger partial charge in [0.15, 0.2) is 0 Å². The van der Waals surface area contributed by atoms with E-state index in [0.29, 0.717) is 17.8 Å². The van der Waals surface area contributed by atoms with Crippen molar-refractivity contribution in [2.75, 3.05) is 6.54 Å². The average Bonchev–Trinajstić information content (AvgIpc) is 2.64. The first-order chi connectivity index (χ1) is 12.1. The molecule has 0 spiro atoms. The topological polar surface area (TPSA) is 88.1 Å². The summed E-state index contributed by atoms with van der Waals surface area (Å²) in [6.07, 6.45) is 6.30. The van der Waals surface area contributed by atoms with Crippen LogP contribution in [0, 0.1) is 0 Å². The SMILES string of the molecule is CCCn1c(=O)[nH]c(=O)c2cc(C(=O)N3CCCC[C@@H]3CC)cnc21. The number of carbonyl (C=O) groups is 1. The van der Waals surface area contributed by atoms with E-state index in [-0.39, 0.29) is 17.3 Å². The second-order valence-electron chi connectivity index (χ2n) is 6.56. The van der Waals surface area contributed by atoms with Crippen molar-refractivity contribution in [1.29, 1.82) is 0 Å². The third kappa shape index (κ3) is 3.23. The lowest BCUT2D eigenvalue weighted by Crippen LogP contribution is -2.43. The van der Waals surface area contributed by atoms with Gasteiger partial charge in [-0.05, 0) is 38.2 Å². The molecule has 7 nitrogen and oxygen atoms in total. The normalized spacial score (nSPS) is 17.8. The van der Waals surface area contributed by atoms with Crippen molar-refractivity contribution in [3.05, 3.63) is 38.7 Å². The van der Waals surface area contributed by atoms with E-state index in [2.05, 4.69) is 16.9 Å². The van der Waals surface area contributed by atoms with Crippen LogP contribution in [0.1, 0.15) is 56.3 Å². The summed E-state index contributed by atoms with van der Waals surface area (Å²) in [5.41, 5.74) is -0.230. The van der Waals surface area contributed by atoms with E-state index < -0.39 is 11.2 Å². The molecule has 1 fully saturated rings. The first-order valence-electron chi connectivity index (χ1n) is 9.00. The molecule has 1 atom stereocenters. The van der Waals surface area contributed by atoms with Gasteiger partial charge in [-0.15, -0.1) is 0 Å². The van der Waals surface area contributed by atoms with Gasteiger partial charge >= 0.3 is 5.69 Å². The van der Waals surface area contributed by atoms with Crippen molar-refractivity contribution in [2.24, 2.45) is 0 Å². The van der Waals surface area contributed by atoms with Crippen molar-refractivity contribution < 1.29 is 4.79 Å². The Morgan fingerprint density at radius 3 is 2.84 bits per heavy atom. The fourth-order valence-electron chi connectivity index (χ4n) is 3.57. The molecule has 25 heavy (non-hydrogen) atoms. The van der Waals surface area contributed by atoms with Gasteiger partial charge in [-0.2, -0.15) is 0 Å². The quantitative estimate of drug-likeness (QED) is 0.917. The number of hydrogen-bond donors (Lipinski definition) is 1. The van der Waals surface area contributed by atoms with Crippen LogP contribution in [-0.4, -0.2) is 37.9 Å². The Labute approximate surface area is 145 Å². The van der Waals surface area contributed by atoms with Gasteiger partial charge in [-0.1, -0.05) is 13.8 Å². The van der Waals surface area contributed by atoms with Crippen LogP contribution in [0.4, 0.5) is 0 Å². The van der Waals surface area contributed by atoms with Gasteiger partial charge in [0.2, 0.25) is 0 Å². The van der Waals surface area contributed by atoms with Crippen molar-refractivity contribution in [1.82, 2.24) is 19.4 Å². The van der Waals surface area contributed by atoms with Gasteiger partial charge in [0, 0.05) is 25.3 Å². The van der Waals surface area contributed by atoms with Crippen LogP contribution in [0.15, 0.2) is 21.9 Å². The molecule has 1 amide bonds. The maximum absolute atomic E-state index is 12.9. The Hall–Kier alpha value is -2.44. The number of aromatic nitrogens is 3. The molecule has 134 valence electrons. The second kappa shape index (κ2) is 7.21. The number of amides is 1. The zero-order chi connectivity index (χ0) is 18.0. The molecule has 0 aromatic carbocycles. The number of fused-ring (bicyclic) bond motifs is 1. The van der Waals surface area contributed by atoms with Crippen LogP contribution in [-0.2, 0) is 6.54 Å². The number of pyridine rings is 1. The summed E-state index contributed by atoms with van der Waals surface area (Å²) < 4.78 is 1.45. The minimum Gasteiger partial charge on any atom is -0.336 e. The number of hydrogen-bond acceptors (Lipinski definition) is 4. The third-order valence-electron chi connectivity index (χ3n) is 4.89. The highest BCUT2D eigenvalue weighted by Gasteiger charge is 2.26. The monoisotopic (exact) mass is 344 g/mol. The van der Waals surface area contributed by atoms with E-state index in [1.54, 1.807) is 6.07 Å². The molecule has 1 aliphatic rings. The summed E-state index contributed by atoms with van der Waals surface area (Å²) in [5.74, 6) is -0.0893. The zero-order valence-corrected chi connectivity index (χ0v) is 14.7. The molecule has 3 rings (SSSR count). The van der Waals surface area contributed by atoms with Gasteiger partial charge < -0.3 is 4.90 Å². The lowest BCUT2D eigenvalue weighted by molar-refractivity contribution is 0.0608. The van der Waals surface area contributed by atoms with Crippen LogP contribution in [0.2, 0.25) is 0 Å². The summed E-state index contributed by atoms with van der Waals surface area (Å²) in [7, 11) is 0. The minimum atomic E-state index is -0.500. The minimum absolute atomic E-state index is 0.0893. The maximum Gasteiger partial charge on any atom is 0.329 e. The Balaban J connectivity index is 2.05. The van der Waals surface area contributed by atoms with Crippen molar-refractivity contribution in [3.8, 4) is 0 Å². The number of aromatic amines is 1. The Bertz CT molecular complexity index is 899. The predicted molar refractivity (Wildman–Crippen MR) is 95.9 cm³/mol. The van der Waals surface area contributed by atoms with Gasteiger partial charge in [-0.25, -0.2) is 9.78 Å². The number of H-pyrrole nitrogens is 1. The molecule has 1 N–H and O–H groups in total. The van der Waals surface area contributed by atoms with Crippen LogP contribution in [0.3, 0.4) is 0 Å². The Morgan fingerprint density at radius 2 is 2.12 bits per heavy atom. The maximum atomic E-state index is 12.9. The van der Waals surface area contributed by atoms with Crippen LogP contribution < -0.4 is 11.2 Å². The van der Waals surface area contributed by atoms with Crippen LogP contribution in [0.5, 0.6) is 0 Å². The highest BCUT2D eigenvalue weighted by Crippen LogP contribution is 2.22. The average molecular weight is 344 g/mol. The molecule has 0 unspecified atom stereocenters. The number of carbonyl (C=O) groups excluding carboxylic acids is 1. The molecule has 7 heteroatoms. The number of likely N-dealkylation sites (tertiary alicyclic amines) is 1. The molecule has 0 radical (unpaired) electrons. The number of rotatable bonds is 4. The molecular formula is C18H24N4O3. The van der Waals surface area contributed by atoms with E-state index in [9.17, 15) is 14.4 Å². The van der Waals surface area contributed by atoms with E-state index in [0.717, 1.165) is 38.6 Å². The largest absolute Gasteiger partial charge is 0.336 e. The summed E-state index contributed by atoms with van der Waals surface area (Å²) in [5, 5.41) is 0.281. The van der Waals surface area contributed by atoms with E-state index >= 15 is 0 Å². The van der Waals surface area contributed by atoms with Crippen molar-refractivity contribution in [2.45, 2.75) is 58.5 Å². The summed E-state index contributed by atoms with van der Waals surface area (Å²) in [4.78, 5) is 45.6. The molecule has 2 aromatic rings. The zero-order valence-electron chi connectivity index (χ0n) is 14.7. The van der Waals surface area contributed by atoms with Crippen LogP contribution >= 0.6 is 0 Å². The number of aryl methyl sites for hydroxylation is 1. The standard InChI is InChI=1S/C18H24N4O3/c1-3-8-22-15-14(16(23)20-18(22)25)10-12(11-19-15)17(24)21-9-6-5-7-13(21)4-2/h10-11,13H,3-9H2,1-2H3,(H,20,23,25)/t13-/m0/s1. The fraction of sp³-hybridized carbons (Fsp3) is 0.556. The molecule has 1 saturated heterocycles. The molecule has 2 aromatic heterocycles. The highest BCUT2D eigenvalue weighted by molar-refractivity contribution is 5.97. The second-order valence-corrected chi connectivity index (χ2v) is 6.56. The summed E-state index contributed by atoms with van der Waals surface area (Å²) >= 11 is 0. The lowest BCUT2D eigenvalue weighted by atomic mass is 9.99. The molecular weight excluding hydrogens is 320 g/mol. The number of piperidine rings is 1. The first kappa shape index (κ1) is 17.4. The Kier molecular flexibility index (Phi) is 5.01. The van der Waals surface area contributed by atoms with Crippen molar-refractivity contribution >= 4 is 16.9 Å². The van der Waals surface area contributed by atoms with Gasteiger partial charge in [0.05, 0.1) is 10.9 Å². The lowest BCUT2D eigenvalue weighted by Gasteiger charge is -2.35. The van der Waals surface area contributed by atoms with Gasteiger partial charge in [-0.3, -0.25) is 19.1 Å². The number of nitrogens with zero attached hydrogens (tertiary/aromatic N) is 3. The van der Waals surface area contributed by atoms with E-state index in [4.69, 9.17) is 0 Å². The summed E-state index contributed by atoms with van der Waals surface area (Å²) in [6, 6.07) is 1.81. The molecule has 0 aliphatic carbocycles. The van der Waals surface area contributed by atoms with Gasteiger partial charge in [0.1, 0.15) is 5.65 Å². The van der Waals surface area contributed by atoms with Gasteiger partial charge in [0.25, 0.3) is 11.5 Å². The third-order valence-corrected chi connectivity index (χ3v) is 4.89. The number of nitrogens with one attached hydrogen (secondary N) is 1. The molecule has 0 bridgehead atoms. The predicted octanol–water partition coefficient (Wildman–Crippen LogP) is 1.90. The summed E-state index contributed by atoms with van der Waals surface area (Å²) in [6.45, 7) is 5.24. The molecule has 3 heterocycles. The smallest absolute Gasteiger partial charge is 0.329 e. The van der Waals surface area contributed by atoms with E-state index in [1.165, 1.54) is 10.8 Å². The molecule has 0 saturated carbocycles. The van der Waals surface area contributed by atoms with Crippen molar-refractivity contribution in [3.63, 3.8) is 0 Å². The Morgan fingerprint density at radius 1 is 1.32 bits per heavy atom. The molecule has 1 aliphatic heterocycles. The fourth-order valence-corrected chi connectivity index (χ4v) is 3.57. The highest BCUT2D eigenvalue weighted by atomic mass is 16.2. The van der Waals surface area contributed by atoms with E-state index in [1.807, 2.05) is 11.8 Å².